The molecule has 1 atom stereocenters. The molecule has 1 saturated carbocycles. The van der Waals surface area contributed by atoms with Gasteiger partial charge in [-0.3, -0.25) is 4.79 Å². The minimum atomic E-state index is -0.00498. The second-order valence-electron chi connectivity index (χ2n) is 7.87. The molecule has 4 rings (SSSR count). The normalized spacial score (nSPS) is 15.3. The summed E-state index contributed by atoms with van der Waals surface area (Å²) in [7, 11) is 0. The third-order valence-corrected chi connectivity index (χ3v) is 6.09. The van der Waals surface area contributed by atoms with Crippen LogP contribution in [-0.4, -0.2) is 27.5 Å². The first-order chi connectivity index (χ1) is 14.6. The summed E-state index contributed by atoms with van der Waals surface area (Å²) in [5.41, 5.74) is 1.95. The van der Waals surface area contributed by atoms with E-state index in [2.05, 4.69) is 29.2 Å². The maximum absolute atomic E-state index is 13.3. The molecule has 0 saturated heterocycles. The summed E-state index contributed by atoms with van der Waals surface area (Å²) in [4.78, 5) is 19.8. The molecule has 1 amide bonds. The second kappa shape index (κ2) is 9.43. The van der Waals surface area contributed by atoms with Gasteiger partial charge < -0.3 is 9.42 Å². The summed E-state index contributed by atoms with van der Waals surface area (Å²) < 4.78 is 5.46. The number of hydrogen-bond donors (Lipinski definition) is 0. The number of carbonyl (C=O) groups is 1. The van der Waals surface area contributed by atoms with Crippen LogP contribution in [0.15, 0.2) is 59.1 Å². The molecule has 5 nitrogen and oxygen atoms in total. The van der Waals surface area contributed by atoms with Gasteiger partial charge in [0.15, 0.2) is 0 Å². The lowest BCUT2D eigenvalue weighted by Gasteiger charge is -2.31. The van der Waals surface area contributed by atoms with Crippen LogP contribution in [0.4, 0.5) is 0 Å². The van der Waals surface area contributed by atoms with Crippen molar-refractivity contribution in [2.24, 2.45) is 5.92 Å². The smallest absolute Gasteiger partial charge is 0.228 e. The molecule has 0 bridgehead atoms. The molecule has 1 aliphatic carbocycles. The van der Waals surface area contributed by atoms with Crippen LogP contribution in [0.3, 0.4) is 0 Å². The fraction of sp³-hybridized carbons (Fsp3) is 0.375. The molecule has 3 aromatic rings. The van der Waals surface area contributed by atoms with Crippen molar-refractivity contribution in [2.45, 2.75) is 45.1 Å². The van der Waals surface area contributed by atoms with E-state index in [0.717, 1.165) is 36.8 Å². The Labute approximate surface area is 182 Å². The van der Waals surface area contributed by atoms with Crippen molar-refractivity contribution >= 4 is 17.5 Å². The molecule has 1 heterocycles. The quantitative estimate of drug-likeness (QED) is 0.488. The van der Waals surface area contributed by atoms with E-state index in [1.807, 2.05) is 47.4 Å². The van der Waals surface area contributed by atoms with Gasteiger partial charge in [-0.05, 0) is 37.5 Å². The van der Waals surface area contributed by atoms with Crippen LogP contribution in [0, 0.1) is 5.92 Å². The van der Waals surface area contributed by atoms with Crippen LogP contribution < -0.4 is 0 Å². The number of halogens is 1. The number of hydrogen-bond acceptors (Lipinski definition) is 4. The standard InChI is InChI=1S/C24H26ClN3O2/c1-17(18-8-3-2-4-9-18)28(24(29)19-10-5-6-11-19)15-14-22-26-23(27-30-22)20-12-7-13-21(25)16-20/h2-4,7-9,12-13,16-17,19H,5-6,10-11,14-15H2,1H3/t17-/m1/s1. The Morgan fingerprint density at radius 2 is 1.93 bits per heavy atom. The molecule has 2 aromatic carbocycles. The molecule has 1 fully saturated rings. The number of aromatic nitrogens is 2. The van der Waals surface area contributed by atoms with Crippen LogP contribution in [-0.2, 0) is 11.2 Å². The highest BCUT2D eigenvalue weighted by molar-refractivity contribution is 6.30. The second-order valence-corrected chi connectivity index (χ2v) is 8.31. The lowest BCUT2D eigenvalue weighted by Crippen LogP contribution is -2.38. The summed E-state index contributed by atoms with van der Waals surface area (Å²) in [6.45, 7) is 2.63. The Balaban J connectivity index is 1.50. The predicted molar refractivity (Wildman–Crippen MR) is 117 cm³/mol. The lowest BCUT2D eigenvalue weighted by molar-refractivity contribution is -0.137. The molecule has 156 valence electrons. The largest absolute Gasteiger partial charge is 0.339 e. The Kier molecular flexibility index (Phi) is 6.48. The highest BCUT2D eigenvalue weighted by Gasteiger charge is 2.30. The maximum Gasteiger partial charge on any atom is 0.228 e. The van der Waals surface area contributed by atoms with Gasteiger partial charge in [-0.25, -0.2) is 0 Å². The molecule has 1 aromatic heterocycles. The van der Waals surface area contributed by atoms with Gasteiger partial charge in [0.1, 0.15) is 0 Å². The Morgan fingerprint density at radius 1 is 1.17 bits per heavy atom. The minimum absolute atomic E-state index is 0.00498. The van der Waals surface area contributed by atoms with E-state index >= 15 is 0 Å². The van der Waals surface area contributed by atoms with Gasteiger partial charge in [0.05, 0.1) is 6.04 Å². The molecular weight excluding hydrogens is 398 g/mol. The minimum Gasteiger partial charge on any atom is -0.339 e. The topological polar surface area (TPSA) is 59.2 Å². The molecule has 6 heteroatoms. The SMILES string of the molecule is C[C@H](c1ccccc1)N(CCc1nc(-c2cccc(Cl)c2)no1)C(=O)C1CCCC1. The fourth-order valence-electron chi connectivity index (χ4n) is 4.13. The Hall–Kier alpha value is -2.66. The maximum atomic E-state index is 13.3. The van der Waals surface area contributed by atoms with Crippen molar-refractivity contribution in [2.75, 3.05) is 6.54 Å². The fourth-order valence-corrected chi connectivity index (χ4v) is 4.32. The van der Waals surface area contributed by atoms with Crippen molar-refractivity contribution < 1.29 is 9.32 Å². The van der Waals surface area contributed by atoms with Crippen molar-refractivity contribution in [1.82, 2.24) is 15.0 Å². The van der Waals surface area contributed by atoms with Crippen molar-refractivity contribution in [3.8, 4) is 11.4 Å². The first-order valence-electron chi connectivity index (χ1n) is 10.6. The van der Waals surface area contributed by atoms with E-state index in [0.29, 0.717) is 29.7 Å². The van der Waals surface area contributed by atoms with E-state index in [9.17, 15) is 4.79 Å². The number of rotatable bonds is 7. The van der Waals surface area contributed by atoms with Crippen LogP contribution in [0.2, 0.25) is 5.02 Å². The highest BCUT2D eigenvalue weighted by Crippen LogP contribution is 2.30. The summed E-state index contributed by atoms with van der Waals surface area (Å²) in [6, 6.07) is 17.5. The van der Waals surface area contributed by atoms with E-state index in [1.165, 1.54) is 0 Å². The lowest BCUT2D eigenvalue weighted by atomic mass is 10.0. The molecule has 0 radical (unpaired) electrons. The number of benzene rings is 2. The number of nitrogens with zero attached hydrogens (tertiary/aromatic N) is 3. The molecular formula is C24H26ClN3O2. The zero-order valence-corrected chi connectivity index (χ0v) is 17.9. The van der Waals surface area contributed by atoms with Crippen molar-refractivity contribution in [3.63, 3.8) is 0 Å². The Bertz CT molecular complexity index is 983. The van der Waals surface area contributed by atoms with E-state index in [-0.39, 0.29) is 17.9 Å². The third kappa shape index (κ3) is 4.73. The van der Waals surface area contributed by atoms with Crippen LogP contribution in [0.1, 0.15) is 50.1 Å². The van der Waals surface area contributed by atoms with Crippen molar-refractivity contribution in [3.05, 3.63) is 71.1 Å². The number of carbonyl (C=O) groups excluding carboxylic acids is 1. The molecule has 0 spiro atoms. The summed E-state index contributed by atoms with van der Waals surface area (Å²) in [5.74, 6) is 1.39. The number of amides is 1. The molecule has 0 aliphatic heterocycles. The first-order valence-corrected chi connectivity index (χ1v) is 10.9. The molecule has 1 aliphatic rings. The zero-order valence-electron chi connectivity index (χ0n) is 17.1. The Morgan fingerprint density at radius 3 is 2.67 bits per heavy atom. The molecule has 0 unspecified atom stereocenters. The monoisotopic (exact) mass is 423 g/mol. The van der Waals surface area contributed by atoms with Gasteiger partial charge in [0.25, 0.3) is 0 Å². The van der Waals surface area contributed by atoms with Gasteiger partial charge in [0, 0.05) is 29.5 Å². The van der Waals surface area contributed by atoms with Crippen LogP contribution in [0.5, 0.6) is 0 Å². The highest BCUT2D eigenvalue weighted by atomic mass is 35.5. The molecule has 30 heavy (non-hydrogen) atoms. The van der Waals surface area contributed by atoms with Gasteiger partial charge in [0.2, 0.25) is 17.6 Å². The van der Waals surface area contributed by atoms with E-state index in [4.69, 9.17) is 16.1 Å². The van der Waals surface area contributed by atoms with Gasteiger partial charge in [-0.2, -0.15) is 4.98 Å². The summed E-state index contributed by atoms with van der Waals surface area (Å²) >= 11 is 6.06. The van der Waals surface area contributed by atoms with E-state index < -0.39 is 0 Å². The zero-order chi connectivity index (χ0) is 20.9. The van der Waals surface area contributed by atoms with Gasteiger partial charge in [-0.15, -0.1) is 0 Å². The third-order valence-electron chi connectivity index (χ3n) is 5.85. The van der Waals surface area contributed by atoms with Crippen LogP contribution in [0.25, 0.3) is 11.4 Å². The van der Waals surface area contributed by atoms with Gasteiger partial charge in [-0.1, -0.05) is 72.1 Å². The van der Waals surface area contributed by atoms with Crippen molar-refractivity contribution in [1.29, 1.82) is 0 Å². The average molecular weight is 424 g/mol. The first kappa shape index (κ1) is 20.6. The van der Waals surface area contributed by atoms with Crippen LogP contribution >= 0.6 is 11.6 Å². The molecule has 0 N–H and O–H groups in total. The predicted octanol–water partition coefficient (Wildman–Crippen LogP) is 5.71. The average Bonchev–Trinajstić information content (AvgIpc) is 3.47. The van der Waals surface area contributed by atoms with E-state index in [1.54, 1.807) is 0 Å². The summed E-state index contributed by atoms with van der Waals surface area (Å²) in [5, 5.41) is 4.71. The van der Waals surface area contributed by atoms with Gasteiger partial charge >= 0.3 is 0 Å². The summed E-state index contributed by atoms with van der Waals surface area (Å²) in [6.07, 6.45) is 4.75.